The number of ether oxygens (including phenoxy) is 1. The van der Waals surface area contributed by atoms with Gasteiger partial charge in [0.15, 0.2) is 0 Å². The number of piperidine rings is 1. The number of nitrogens with zero attached hydrogens (tertiary/aromatic N) is 1. The van der Waals surface area contributed by atoms with E-state index in [1.54, 1.807) is 0 Å². The third kappa shape index (κ3) is 3.16. The first kappa shape index (κ1) is 14.5. The Labute approximate surface area is 134 Å². The van der Waals surface area contributed by atoms with E-state index in [1.807, 2.05) is 0 Å². The molecule has 120 valence electrons. The normalized spacial score (nSPS) is 26.8. The Bertz CT molecular complexity index is 506. The molecular formula is C19H28N2O. The van der Waals surface area contributed by atoms with Crippen LogP contribution in [0, 0.1) is 0 Å². The Hall–Kier alpha value is -1.06. The second kappa shape index (κ2) is 6.59. The van der Waals surface area contributed by atoms with Gasteiger partial charge in [0.1, 0.15) is 11.9 Å². The maximum atomic E-state index is 6.19. The lowest BCUT2D eigenvalue weighted by atomic mass is 9.91. The average molecular weight is 300 g/mol. The van der Waals surface area contributed by atoms with Crippen molar-refractivity contribution in [2.45, 2.75) is 57.1 Å². The summed E-state index contributed by atoms with van der Waals surface area (Å²) in [6.07, 6.45) is 9.42. The highest BCUT2D eigenvalue weighted by Crippen LogP contribution is 2.29. The van der Waals surface area contributed by atoms with Crippen molar-refractivity contribution in [1.29, 1.82) is 0 Å². The van der Waals surface area contributed by atoms with Crippen LogP contribution in [0.3, 0.4) is 0 Å². The first-order chi connectivity index (χ1) is 10.9. The monoisotopic (exact) mass is 300 g/mol. The highest BCUT2D eigenvalue weighted by molar-refractivity contribution is 5.37. The molecule has 1 aliphatic carbocycles. The molecular weight excluding hydrogens is 272 g/mol. The number of fused-ring (bicyclic) bond motifs is 1. The molecule has 0 spiro atoms. The third-order valence-electron chi connectivity index (χ3n) is 5.66. The van der Waals surface area contributed by atoms with Crippen LogP contribution in [0.5, 0.6) is 5.75 Å². The minimum atomic E-state index is 0.351. The lowest BCUT2D eigenvalue weighted by Crippen LogP contribution is -2.41. The Balaban J connectivity index is 1.42. The van der Waals surface area contributed by atoms with Gasteiger partial charge in [-0.3, -0.25) is 4.90 Å². The van der Waals surface area contributed by atoms with Crippen LogP contribution >= 0.6 is 0 Å². The van der Waals surface area contributed by atoms with E-state index >= 15 is 0 Å². The topological polar surface area (TPSA) is 24.5 Å². The molecule has 0 radical (unpaired) electrons. The zero-order valence-electron chi connectivity index (χ0n) is 13.5. The summed E-state index contributed by atoms with van der Waals surface area (Å²) in [5.41, 5.74) is 3.05. The molecule has 1 atom stereocenters. The lowest BCUT2D eigenvalue weighted by Gasteiger charge is -2.36. The Kier molecular flexibility index (Phi) is 4.35. The maximum Gasteiger partial charge on any atom is 0.120 e. The van der Waals surface area contributed by atoms with Crippen LogP contribution in [0.15, 0.2) is 18.2 Å². The second-order valence-electron chi connectivity index (χ2n) is 7.14. The van der Waals surface area contributed by atoms with E-state index in [0.29, 0.717) is 6.10 Å². The molecule has 3 heteroatoms. The van der Waals surface area contributed by atoms with Crippen LogP contribution in [0.25, 0.3) is 0 Å². The van der Waals surface area contributed by atoms with Crippen molar-refractivity contribution in [2.24, 2.45) is 0 Å². The van der Waals surface area contributed by atoms with Gasteiger partial charge in [0.25, 0.3) is 0 Å². The van der Waals surface area contributed by atoms with Gasteiger partial charge in [-0.1, -0.05) is 12.5 Å². The molecule has 2 aliphatic heterocycles. The first-order valence-electron chi connectivity index (χ1n) is 9.12. The fraction of sp³-hybridized carbons (Fsp3) is 0.684. The molecule has 1 unspecified atom stereocenters. The molecule has 22 heavy (non-hydrogen) atoms. The van der Waals surface area contributed by atoms with E-state index in [2.05, 4.69) is 28.4 Å². The second-order valence-corrected chi connectivity index (χ2v) is 7.14. The predicted molar refractivity (Wildman–Crippen MR) is 89.6 cm³/mol. The predicted octanol–water partition coefficient (Wildman–Crippen LogP) is 2.77. The van der Waals surface area contributed by atoms with Gasteiger partial charge >= 0.3 is 0 Å². The maximum absolute atomic E-state index is 6.19. The molecule has 3 aliphatic rings. The van der Waals surface area contributed by atoms with Crippen molar-refractivity contribution < 1.29 is 4.74 Å². The Morgan fingerprint density at radius 1 is 1.00 bits per heavy atom. The fourth-order valence-corrected chi connectivity index (χ4v) is 4.02. The molecule has 0 amide bonds. The van der Waals surface area contributed by atoms with E-state index in [0.717, 1.165) is 24.9 Å². The van der Waals surface area contributed by atoms with Crippen molar-refractivity contribution in [2.75, 3.05) is 26.2 Å². The molecule has 1 N–H and O–H groups in total. The van der Waals surface area contributed by atoms with Gasteiger partial charge in [-0.05, 0) is 68.3 Å². The summed E-state index contributed by atoms with van der Waals surface area (Å²) >= 11 is 0. The first-order valence-corrected chi connectivity index (χ1v) is 9.12. The minimum absolute atomic E-state index is 0.351. The van der Waals surface area contributed by atoms with E-state index in [9.17, 15) is 0 Å². The smallest absolute Gasteiger partial charge is 0.120 e. The molecule has 2 heterocycles. The number of nitrogens with one attached hydrogen (secondary N) is 1. The van der Waals surface area contributed by atoms with Crippen LogP contribution in [0.1, 0.15) is 43.2 Å². The number of rotatable bonds is 3. The van der Waals surface area contributed by atoms with Crippen molar-refractivity contribution in [3.05, 3.63) is 29.3 Å². The van der Waals surface area contributed by atoms with Crippen LogP contribution in [0.4, 0.5) is 0 Å². The standard InChI is InChI=1S/C19H28N2O/c1-3-17(4-1)21-11-8-15-6-7-18(13-16(15)9-12-21)22-19-5-2-10-20-14-19/h6-7,13,17,19-20H,1-5,8-12,14H2. The van der Waals surface area contributed by atoms with Gasteiger partial charge in [-0.15, -0.1) is 0 Å². The van der Waals surface area contributed by atoms with E-state index in [1.165, 1.54) is 69.2 Å². The average Bonchev–Trinajstić information content (AvgIpc) is 2.70. The zero-order chi connectivity index (χ0) is 14.8. The van der Waals surface area contributed by atoms with Crippen LogP contribution < -0.4 is 10.1 Å². The van der Waals surface area contributed by atoms with Crippen LogP contribution in [-0.2, 0) is 12.8 Å². The molecule has 1 aromatic carbocycles. The van der Waals surface area contributed by atoms with E-state index in [-0.39, 0.29) is 0 Å². The van der Waals surface area contributed by atoms with Gasteiger partial charge < -0.3 is 10.1 Å². The molecule has 4 rings (SSSR count). The highest BCUT2D eigenvalue weighted by Gasteiger charge is 2.26. The number of hydrogen-bond donors (Lipinski definition) is 1. The van der Waals surface area contributed by atoms with Crippen LogP contribution in [0.2, 0.25) is 0 Å². The summed E-state index contributed by atoms with van der Waals surface area (Å²) in [7, 11) is 0. The summed E-state index contributed by atoms with van der Waals surface area (Å²) < 4.78 is 6.19. The lowest BCUT2D eigenvalue weighted by molar-refractivity contribution is 0.133. The summed E-state index contributed by atoms with van der Waals surface area (Å²) in [6.45, 7) is 4.60. The van der Waals surface area contributed by atoms with Gasteiger partial charge in [-0.2, -0.15) is 0 Å². The van der Waals surface area contributed by atoms with Crippen molar-refractivity contribution in [3.63, 3.8) is 0 Å². The summed E-state index contributed by atoms with van der Waals surface area (Å²) in [5.74, 6) is 1.07. The molecule has 0 aromatic heterocycles. The van der Waals surface area contributed by atoms with Gasteiger partial charge in [0.2, 0.25) is 0 Å². The van der Waals surface area contributed by atoms with Crippen LogP contribution in [-0.4, -0.2) is 43.2 Å². The molecule has 0 bridgehead atoms. The summed E-state index contributed by atoms with van der Waals surface area (Å²) in [5, 5.41) is 3.43. The zero-order valence-corrected chi connectivity index (χ0v) is 13.5. The van der Waals surface area contributed by atoms with Gasteiger partial charge in [0.05, 0.1) is 0 Å². The van der Waals surface area contributed by atoms with Crippen molar-refractivity contribution in [3.8, 4) is 5.75 Å². The van der Waals surface area contributed by atoms with E-state index < -0.39 is 0 Å². The van der Waals surface area contributed by atoms with Crippen molar-refractivity contribution in [1.82, 2.24) is 10.2 Å². The largest absolute Gasteiger partial charge is 0.489 e. The number of hydrogen-bond acceptors (Lipinski definition) is 3. The summed E-state index contributed by atoms with van der Waals surface area (Å²) in [6, 6.07) is 7.68. The van der Waals surface area contributed by atoms with Gasteiger partial charge in [0, 0.05) is 25.7 Å². The fourth-order valence-electron chi connectivity index (χ4n) is 4.02. The minimum Gasteiger partial charge on any atom is -0.489 e. The SMILES string of the molecule is c1cc2c(cc1OC1CCCNC1)CCN(C1CCC1)CC2. The Morgan fingerprint density at radius 3 is 2.59 bits per heavy atom. The summed E-state index contributed by atoms with van der Waals surface area (Å²) in [4.78, 5) is 2.72. The van der Waals surface area contributed by atoms with Crippen molar-refractivity contribution >= 4 is 0 Å². The molecule has 1 aromatic rings. The molecule has 1 saturated heterocycles. The number of benzene rings is 1. The quantitative estimate of drug-likeness (QED) is 0.929. The third-order valence-corrected chi connectivity index (χ3v) is 5.66. The molecule has 1 saturated carbocycles. The highest BCUT2D eigenvalue weighted by atomic mass is 16.5. The van der Waals surface area contributed by atoms with Gasteiger partial charge in [-0.25, -0.2) is 0 Å². The Morgan fingerprint density at radius 2 is 1.86 bits per heavy atom. The molecule has 3 nitrogen and oxygen atoms in total. The van der Waals surface area contributed by atoms with E-state index in [4.69, 9.17) is 4.74 Å². The molecule has 2 fully saturated rings.